The summed E-state index contributed by atoms with van der Waals surface area (Å²) in [7, 11) is 0. The van der Waals surface area contributed by atoms with E-state index < -0.39 is 0 Å². The van der Waals surface area contributed by atoms with E-state index in [1.807, 2.05) is 6.07 Å². The van der Waals surface area contributed by atoms with Crippen LogP contribution in [0.2, 0.25) is 0 Å². The Morgan fingerprint density at radius 1 is 0.939 bits per heavy atom. The van der Waals surface area contributed by atoms with Gasteiger partial charge in [-0.2, -0.15) is 0 Å². The normalized spacial score (nSPS) is 19.8. The molecule has 2 aromatic carbocycles. The molecule has 2 aliphatic heterocycles. The lowest BCUT2D eigenvalue weighted by Crippen LogP contribution is -2.33. The molecule has 0 radical (unpaired) electrons. The Bertz CT molecular complexity index is 1030. The molecule has 0 saturated carbocycles. The largest absolute Gasteiger partial charge is 0.377 e. The maximum absolute atomic E-state index is 13.5. The smallest absolute Gasteiger partial charge is 0.191 e. The number of halogens is 1. The number of aromatic nitrogens is 3. The summed E-state index contributed by atoms with van der Waals surface area (Å²) < 4.78 is 21.7. The van der Waals surface area contributed by atoms with Crippen LogP contribution in [-0.2, 0) is 17.8 Å². The number of hydrogen-bond donors (Lipinski definition) is 0. The van der Waals surface area contributed by atoms with Crippen molar-refractivity contribution in [1.29, 1.82) is 0 Å². The van der Waals surface area contributed by atoms with E-state index in [9.17, 15) is 4.39 Å². The van der Waals surface area contributed by atoms with E-state index in [0.717, 1.165) is 80.8 Å². The molecule has 0 aliphatic carbocycles. The fourth-order valence-electron chi connectivity index (χ4n) is 4.81. The number of piperidine rings is 1. The van der Waals surface area contributed by atoms with Crippen molar-refractivity contribution in [3.05, 3.63) is 77.4 Å². The Labute approximate surface area is 199 Å². The molecular weight excluding hydrogens is 435 g/mol. The van der Waals surface area contributed by atoms with Crippen molar-refractivity contribution in [3.8, 4) is 0 Å². The van der Waals surface area contributed by atoms with Gasteiger partial charge in [0.15, 0.2) is 5.16 Å². The Kier molecular flexibility index (Phi) is 7.39. The molecule has 174 valence electrons. The highest BCUT2D eigenvalue weighted by Crippen LogP contribution is 2.31. The second kappa shape index (κ2) is 10.8. The molecule has 7 heteroatoms. The number of likely N-dealkylation sites (tertiary alicyclic amines) is 1. The lowest BCUT2D eigenvalue weighted by atomic mass is 9.95. The van der Waals surface area contributed by atoms with E-state index in [1.54, 1.807) is 23.9 Å². The van der Waals surface area contributed by atoms with Crippen LogP contribution < -0.4 is 0 Å². The van der Waals surface area contributed by atoms with E-state index in [0.29, 0.717) is 12.0 Å². The highest BCUT2D eigenvalue weighted by molar-refractivity contribution is 7.99. The van der Waals surface area contributed by atoms with Crippen LogP contribution in [0.5, 0.6) is 0 Å². The fourth-order valence-corrected chi connectivity index (χ4v) is 5.82. The lowest BCUT2D eigenvalue weighted by Gasteiger charge is -2.31. The maximum atomic E-state index is 13.5. The third-order valence-electron chi connectivity index (χ3n) is 6.60. The first-order chi connectivity index (χ1) is 16.2. The summed E-state index contributed by atoms with van der Waals surface area (Å²) in [6.07, 6.45) is 4.70. The first-order valence-electron chi connectivity index (χ1n) is 11.9. The molecule has 1 atom stereocenters. The predicted octanol–water partition coefficient (Wildman–Crippen LogP) is 5.12. The summed E-state index contributed by atoms with van der Waals surface area (Å²) in [6.45, 7) is 4.43. The average Bonchev–Trinajstić information content (AvgIpc) is 3.49. The van der Waals surface area contributed by atoms with Crippen LogP contribution in [0.4, 0.5) is 4.39 Å². The van der Waals surface area contributed by atoms with Crippen LogP contribution in [-0.4, -0.2) is 51.2 Å². The second-order valence-corrected chi connectivity index (χ2v) is 10.0. The molecule has 3 heterocycles. The molecule has 0 amide bonds. The highest BCUT2D eigenvalue weighted by atomic mass is 32.2. The van der Waals surface area contributed by atoms with Gasteiger partial charge in [-0.25, -0.2) is 4.39 Å². The summed E-state index contributed by atoms with van der Waals surface area (Å²) >= 11 is 1.77. The molecule has 2 saturated heterocycles. The standard InChI is InChI=1S/C26H31FN4OS/c27-23-9-4-8-21(16-23)17-30-13-11-22(12-14-30)25-28-29-26(33-19-24-10-5-15-32-24)31(25)18-20-6-2-1-3-7-20/h1-4,6-9,16,22,24H,5,10-15,17-19H2/t24-/m1/s1. The van der Waals surface area contributed by atoms with Crippen molar-refractivity contribution in [2.24, 2.45) is 0 Å². The van der Waals surface area contributed by atoms with E-state index >= 15 is 0 Å². The third-order valence-corrected chi connectivity index (χ3v) is 7.70. The van der Waals surface area contributed by atoms with Gasteiger partial charge in [0.1, 0.15) is 11.6 Å². The highest BCUT2D eigenvalue weighted by Gasteiger charge is 2.27. The number of nitrogens with zero attached hydrogens (tertiary/aromatic N) is 4. The Morgan fingerprint density at radius 2 is 1.76 bits per heavy atom. The molecule has 0 spiro atoms. The Balaban J connectivity index is 1.27. The molecule has 33 heavy (non-hydrogen) atoms. The summed E-state index contributed by atoms with van der Waals surface area (Å²) in [5, 5.41) is 10.3. The van der Waals surface area contributed by atoms with Gasteiger partial charge in [-0.1, -0.05) is 54.2 Å². The van der Waals surface area contributed by atoms with Gasteiger partial charge in [0, 0.05) is 24.8 Å². The van der Waals surface area contributed by atoms with E-state index in [4.69, 9.17) is 4.74 Å². The number of rotatable bonds is 8. The van der Waals surface area contributed by atoms with Crippen molar-refractivity contribution < 1.29 is 9.13 Å². The quantitative estimate of drug-likeness (QED) is 0.431. The molecule has 0 N–H and O–H groups in total. The van der Waals surface area contributed by atoms with Gasteiger partial charge >= 0.3 is 0 Å². The Hall–Kier alpha value is -2.22. The van der Waals surface area contributed by atoms with Crippen molar-refractivity contribution in [1.82, 2.24) is 19.7 Å². The SMILES string of the molecule is Fc1cccc(CN2CCC(c3nnc(SC[C@H]4CCCO4)n3Cc3ccccc3)CC2)c1. The summed E-state index contributed by atoms with van der Waals surface area (Å²) in [4.78, 5) is 2.41. The van der Waals surface area contributed by atoms with Gasteiger partial charge in [0.25, 0.3) is 0 Å². The maximum Gasteiger partial charge on any atom is 0.191 e. The zero-order chi connectivity index (χ0) is 22.5. The molecule has 1 aromatic heterocycles. The lowest BCUT2D eigenvalue weighted by molar-refractivity contribution is 0.129. The molecule has 3 aromatic rings. The van der Waals surface area contributed by atoms with Gasteiger partial charge in [0.05, 0.1) is 12.6 Å². The van der Waals surface area contributed by atoms with E-state index in [2.05, 4.69) is 50.0 Å². The van der Waals surface area contributed by atoms with Crippen LogP contribution in [0.15, 0.2) is 59.8 Å². The third kappa shape index (κ3) is 5.83. The monoisotopic (exact) mass is 466 g/mol. The molecule has 5 nitrogen and oxygen atoms in total. The van der Waals surface area contributed by atoms with Gasteiger partial charge in [0.2, 0.25) is 0 Å². The summed E-state index contributed by atoms with van der Waals surface area (Å²) in [5.41, 5.74) is 2.30. The molecule has 5 rings (SSSR count). The van der Waals surface area contributed by atoms with Gasteiger partial charge in [-0.3, -0.25) is 4.90 Å². The van der Waals surface area contributed by atoms with Crippen molar-refractivity contribution >= 4 is 11.8 Å². The van der Waals surface area contributed by atoms with Gasteiger partial charge in [-0.05, 0) is 62.0 Å². The number of ether oxygens (including phenoxy) is 1. The van der Waals surface area contributed by atoms with Crippen molar-refractivity contribution in [3.63, 3.8) is 0 Å². The molecule has 0 bridgehead atoms. The molecular formula is C26H31FN4OS. The van der Waals surface area contributed by atoms with E-state index in [-0.39, 0.29) is 5.82 Å². The van der Waals surface area contributed by atoms with Gasteiger partial charge < -0.3 is 9.30 Å². The minimum atomic E-state index is -0.163. The number of thioether (sulfide) groups is 1. The van der Waals surface area contributed by atoms with Gasteiger partial charge in [-0.15, -0.1) is 10.2 Å². The summed E-state index contributed by atoms with van der Waals surface area (Å²) in [5.74, 6) is 2.25. The first-order valence-corrected chi connectivity index (χ1v) is 12.9. The predicted molar refractivity (Wildman–Crippen MR) is 129 cm³/mol. The molecule has 2 fully saturated rings. The topological polar surface area (TPSA) is 43.2 Å². The zero-order valence-electron chi connectivity index (χ0n) is 18.9. The van der Waals surface area contributed by atoms with Crippen molar-refractivity contribution in [2.75, 3.05) is 25.4 Å². The second-order valence-electron chi connectivity index (χ2n) is 9.04. The van der Waals surface area contributed by atoms with Crippen LogP contribution in [0.3, 0.4) is 0 Å². The van der Waals surface area contributed by atoms with Crippen LogP contribution in [0.1, 0.15) is 48.6 Å². The van der Waals surface area contributed by atoms with Crippen LogP contribution in [0, 0.1) is 5.82 Å². The molecule has 0 unspecified atom stereocenters. The minimum Gasteiger partial charge on any atom is -0.377 e. The first kappa shape index (κ1) is 22.6. The summed E-state index contributed by atoms with van der Waals surface area (Å²) in [6, 6.07) is 17.5. The average molecular weight is 467 g/mol. The number of hydrogen-bond acceptors (Lipinski definition) is 5. The number of benzene rings is 2. The molecule has 2 aliphatic rings. The Morgan fingerprint density at radius 3 is 2.52 bits per heavy atom. The fraction of sp³-hybridized carbons (Fsp3) is 0.462. The van der Waals surface area contributed by atoms with Crippen LogP contribution >= 0.6 is 11.8 Å². The zero-order valence-corrected chi connectivity index (χ0v) is 19.7. The van der Waals surface area contributed by atoms with Crippen LogP contribution in [0.25, 0.3) is 0 Å². The van der Waals surface area contributed by atoms with Crippen molar-refractivity contribution in [2.45, 2.75) is 56.0 Å². The van der Waals surface area contributed by atoms with E-state index in [1.165, 1.54) is 11.6 Å². The minimum absolute atomic E-state index is 0.163.